The Labute approximate surface area is 212 Å². The first-order valence-electron chi connectivity index (χ1n) is 11.0. The van der Waals surface area contributed by atoms with E-state index in [1.165, 1.54) is 9.21 Å². The van der Waals surface area contributed by atoms with Gasteiger partial charge in [0.15, 0.2) is 0 Å². The Morgan fingerprint density at radius 2 is 1.68 bits per heavy atom. The highest BCUT2D eigenvalue weighted by Gasteiger charge is 2.26. The number of nitrogens with one attached hydrogen (secondary N) is 1. The first-order valence-corrected chi connectivity index (χ1v) is 13.6. The van der Waals surface area contributed by atoms with Gasteiger partial charge in [-0.2, -0.15) is 0 Å². The molecule has 2 aromatic carbocycles. The van der Waals surface area contributed by atoms with Crippen molar-refractivity contribution in [3.05, 3.63) is 63.6 Å². The maximum Gasteiger partial charge on any atom is 0.242 e. The van der Waals surface area contributed by atoms with Crippen LogP contribution in [-0.2, 0) is 26.2 Å². The summed E-state index contributed by atoms with van der Waals surface area (Å²) in [5, 5.41) is 3.75. The summed E-state index contributed by atoms with van der Waals surface area (Å²) in [6.45, 7) is 6.09. The van der Waals surface area contributed by atoms with Crippen molar-refractivity contribution >= 4 is 50.7 Å². The number of hydrogen-bond donors (Lipinski definition) is 1. The molecule has 2 amide bonds. The van der Waals surface area contributed by atoms with E-state index in [4.69, 9.17) is 23.2 Å². The summed E-state index contributed by atoms with van der Waals surface area (Å²) in [7, 11) is -3.59. The Balaban J connectivity index is 2.18. The van der Waals surface area contributed by atoms with Crippen LogP contribution in [0.15, 0.2) is 42.5 Å². The van der Waals surface area contributed by atoms with Crippen molar-refractivity contribution in [2.24, 2.45) is 0 Å². The van der Waals surface area contributed by atoms with Crippen LogP contribution in [0.1, 0.15) is 37.8 Å². The van der Waals surface area contributed by atoms with Crippen LogP contribution in [0, 0.1) is 6.92 Å². The molecule has 0 aliphatic heterocycles. The number of likely N-dealkylation sites (N-methyl/N-ethyl adjacent to an activating group) is 1. The second kappa shape index (κ2) is 12.4. The summed E-state index contributed by atoms with van der Waals surface area (Å²) in [4.78, 5) is 27.2. The number of anilines is 1. The van der Waals surface area contributed by atoms with Gasteiger partial charge in [-0.3, -0.25) is 13.9 Å². The van der Waals surface area contributed by atoms with Crippen molar-refractivity contribution in [3.8, 4) is 0 Å². The topological polar surface area (TPSA) is 86.8 Å². The SMILES string of the molecule is CCNC(=O)[C@@H](C)N(Cc1ccc(Cl)cc1)C(=O)CCCN(c1cc(Cl)ccc1C)S(C)(=O)=O. The molecule has 0 fully saturated rings. The van der Waals surface area contributed by atoms with E-state index in [-0.39, 0.29) is 37.7 Å². The smallest absolute Gasteiger partial charge is 0.242 e. The molecule has 0 aliphatic rings. The van der Waals surface area contributed by atoms with E-state index in [9.17, 15) is 18.0 Å². The highest BCUT2D eigenvalue weighted by atomic mass is 35.5. The molecule has 0 saturated heterocycles. The minimum Gasteiger partial charge on any atom is -0.355 e. The average Bonchev–Trinajstić information content (AvgIpc) is 2.77. The summed E-state index contributed by atoms with van der Waals surface area (Å²) in [6, 6.07) is 11.4. The van der Waals surface area contributed by atoms with Crippen LogP contribution in [0.3, 0.4) is 0 Å². The molecular formula is C24H31Cl2N3O4S. The summed E-state index contributed by atoms with van der Waals surface area (Å²) in [5.41, 5.74) is 2.08. The minimum atomic E-state index is -3.59. The highest BCUT2D eigenvalue weighted by Crippen LogP contribution is 2.27. The molecule has 2 rings (SSSR count). The van der Waals surface area contributed by atoms with E-state index in [1.807, 2.05) is 6.92 Å². The van der Waals surface area contributed by atoms with E-state index in [1.54, 1.807) is 56.3 Å². The normalized spacial score (nSPS) is 12.2. The second-order valence-electron chi connectivity index (χ2n) is 8.09. The molecule has 186 valence electrons. The largest absolute Gasteiger partial charge is 0.355 e. The van der Waals surface area contributed by atoms with Gasteiger partial charge in [-0.05, 0) is 62.6 Å². The fraction of sp³-hybridized carbons (Fsp3) is 0.417. The molecule has 0 saturated carbocycles. The molecule has 1 atom stereocenters. The lowest BCUT2D eigenvalue weighted by Crippen LogP contribution is -2.47. The Hall–Kier alpha value is -2.29. The number of carbonyl (C=O) groups is 2. The maximum absolute atomic E-state index is 13.2. The van der Waals surface area contributed by atoms with Crippen LogP contribution in [0.25, 0.3) is 0 Å². The standard InChI is InChI=1S/C24H31Cl2N3O4S/c1-5-27-24(31)18(3)28(16-19-9-12-20(25)13-10-19)23(30)7-6-14-29(34(4,32)33)22-15-21(26)11-8-17(22)2/h8-13,15,18H,5-7,14,16H2,1-4H3,(H,27,31)/t18-/m1/s1. The number of amides is 2. The predicted molar refractivity (Wildman–Crippen MR) is 138 cm³/mol. The van der Waals surface area contributed by atoms with E-state index in [2.05, 4.69) is 5.32 Å². The number of hydrogen-bond acceptors (Lipinski definition) is 4. The molecule has 0 aromatic heterocycles. The van der Waals surface area contributed by atoms with Crippen molar-refractivity contribution in [1.29, 1.82) is 0 Å². The van der Waals surface area contributed by atoms with Crippen molar-refractivity contribution in [2.75, 3.05) is 23.7 Å². The third-order valence-electron chi connectivity index (χ3n) is 5.38. The van der Waals surface area contributed by atoms with Crippen molar-refractivity contribution < 1.29 is 18.0 Å². The number of aryl methyl sites for hydroxylation is 1. The Morgan fingerprint density at radius 3 is 2.26 bits per heavy atom. The zero-order chi connectivity index (χ0) is 25.5. The number of sulfonamides is 1. The van der Waals surface area contributed by atoms with Gasteiger partial charge in [-0.1, -0.05) is 41.4 Å². The van der Waals surface area contributed by atoms with E-state index < -0.39 is 16.1 Å². The van der Waals surface area contributed by atoms with Crippen molar-refractivity contribution in [2.45, 2.75) is 46.2 Å². The second-order valence-corrected chi connectivity index (χ2v) is 10.9. The third-order valence-corrected chi connectivity index (χ3v) is 7.04. The predicted octanol–water partition coefficient (Wildman–Crippen LogP) is 4.40. The van der Waals surface area contributed by atoms with Gasteiger partial charge in [-0.15, -0.1) is 0 Å². The van der Waals surface area contributed by atoms with Crippen LogP contribution in [0.2, 0.25) is 10.0 Å². The summed E-state index contributed by atoms with van der Waals surface area (Å²) < 4.78 is 26.2. The molecule has 0 spiro atoms. The first-order chi connectivity index (χ1) is 15.9. The number of nitrogens with zero attached hydrogens (tertiary/aromatic N) is 2. The molecule has 2 aromatic rings. The van der Waals surface area contributed by atoms with E-state index in [0.717, 1.165) is 17.4 Å². The molecule has 10 heteroatoms. The fourth-order valence-electron chi connectivity index (χ4n) is 3.52. The van der Waals surface area contributed by atoms with Crippen LogP contribution in [0.4, 0.5) is 5.69 Å². The molecular weight excluding hydrogens is 497 g/mol. The molecule has 0 bridgehead atoms. The van der Waals surface area contributed by atoms with Gasteiger partial charge >= 0.3 is 0 Å². The molecule has 0 radical (unpaired) electrons. The zero-order valence-corrected chi connectivity index (χ0v) is 22.2. The van der Waals surface area contributed by atoms with E-state index in [0.29, 0.717) is 22.3 Å². The van der Waals surface area contributed by atoms with Crippen LogP contribution >= 0.6 is 23.2 Å². The average molecular weight is 529 g/mol. The third kappa shape index (κ3) is 7.89. The van der Waals surface area contributed by atoms with Gasteiger partial charge in [0.2, 0.25) is 21.8 Å². The van der Waals surface area contributed by atoms with Gasteiger partial charge in [0.25, 0.3) is 0 Å². The Bertz CT molecular complexity index is 1110. The first kappa shape index (κ1) is 28.0. The van der Waals surface area contributed by atoms with Crippen LogP contribution < -0.4 is 9.62 Å². The molecule has 0 aliphatic carbocycles. The van der Waals surface area contributed by atoms with E-state index >= 15 is 0 Å². The van der Waals surface area contributed by atoms with Crippen LogP contribution in [-0.4, -0.2) is 50.5 Å². The lowest BCUT2D eigenvalue weighted by Gasteiger charge is -2.29. The van der Waals surface area contributed by atoms with Gasteiger partial charge < -0.3 is 10.2 Å². The highest BCUT2D eigenvalue weighted by molar-refractivity contribution is 7.92. The summed E-state index contributed by atoms with van der Waals surface area (Å²) in [5.74, 6) is -0.498. The monoisotopic (exact) mass is 527 g/mol. The van der Waals surface area contributed by atoms with Gasteiger partial charge in [-0.25, -0.2) is 8.42 Å². The quantitative estimate of drug-likeness (QED) is 0.469. The number of benzene rings is 2. The van der Waals surface area contributed by atoms with Crippen molar-refractivity contribution in [1.82, 2.24) is 10.2 Å². The maximum atomic E-state index is 13.2. The molecule has 34 heavy (non-hydrogen) atoms. The Kier molecular flexibility index (Phi) is 10.2. The molecule has 1 N–H and O–H groups in total. The molecule has 0 heterocycles. The fourth-order valence-corrected chi connectivity index (χ4v) is 4.83. The molecule has 0 unspecified atom stereocenters. The lowest BCUT2D eigenvalue weighted by molar-refractivity contribution is -0.140. The zero-order valence-electron chi connectivity index (χ0n) is 19.8. The van der Waals surface area contributed by atoms with Crippen LogP contribution in [0.5, 0.6) is 0 Å². The Morgan fingerprint density at radius 1 is 1.06 bits per heavy atom. The number of halogens is 2. The van der Waals surface area contributed by atoms with Crippen molar-refractivity contribution in [3.63, 3.8) is 0 Å². The molecule has 7 nitrogen and oxygen atoms in total. The summed E-state index contributed by atoms with van der Waals surface area (Å²) >= 11 is 12.1. The summed E-state index contributed by atoms with van der Waals surface area (Å²) in [6.07, 6.45) is 1.47. The van der Waals surface area contributed by atoms with Gasteiger partial charge in [0, 0.05) is 36.1 Å². The number of rotatable bonds is 11. The number of carbonyl (C=O) groups excluding carboxylic acids is 2. The van der Waals surface area contributed by atoms with Gasteiger partial charge in [0.05, 0.1) is 11.9 Å². The minimum absolute atomic E-state index is 0.0724. The van der Waals surface area contributed by atoms with Gasteiger partial charge in [0.1, 0.15) is 6.04 Å². The lowest BCUT2D eigenvalue weighted by atomic mass is 10.1.